The average Bonchev–Trinajstić information content (AvgIpc) is 2.68. The maximum absolute atomic E-state index is 12.4. The number of anilines is 1. The van der Waals surface area contributed by atoms with Crippen molar-refractivity contribution < 1.29 is 9.53 Å². The van der Waals surface area contributed by atoms with Crippen LogP contribution in [-0.2, 0) is 4.74 Å². The third-order valence-electron chi connectivity index (χ3n) is 4.67. The van der Waals surface area contributed by atoms with E-state index in [4.69, 9.17) is 17.0 Å². The zero-order valence-electron chi connectivity index (χ0n) is 14.3. The highest BCUT2D eigenvalue weighted by atomic mass is 32.1. The predicted octanol–water partition coefficient (Wildman–Crippen LogP) is 4.26. The zero-order chi connectivity index (χ0) is 17.6. The quantitative estimate of drug-likeness (QED) is 0.606. The second kappa shape index (κ2) is 8.21. The molecule has 0 bridgehead atoms. The minimum absolute atomic E-state index is 0.0644. The lowest BCUT2D eigenvalue weighted by molar-refractivity contribution is 0.0126. The fourth-order valence-corrected chi connectivity index (χ4v) is 3.62. The molecule has 1 aromatic heterocycles. The largest absolute Gasteiger partial charge is 0.458 e. The number of hydrogen-bond acceptors (Lipinski definition) is 4. The molecule has 0 radical (unpaired) electrons. The highest BCUT2D eigenvalue weighted by Crippen LogP contribution is 2.31. The first-order valence-electron chi connectivity index (χ1n) is 8.60. The Morgan fingerprint density at radius 3 is 2.52 bits per heavy atom. The summed E-state index contributed by atoms with van der Waals surface area (Å²) in [6.45, 7) is 0. The van der Waals surface area contributed by atoms with Crippen LogP contribution in [0.2, 0.25) is 0 Å². The number of benzene rings is 1. The molecule has 1 heterocycles. The molecular weight excluding hydrogens is 332 g/mol. The Bertz CT molecular complexity index is 721. The lowest BCUT2D eigenvalue weighted by Gasteiger charge is -2.35. The van der Waals surface area contributed by atoms with E-state index in [1.54, 1.807) is 24.5 Å². The van der Waals surface area contributed by atoms with Crippen LogP contribution in [0.15, 0.2) is 54.9 Å². The van der Waals surface area contributed by atoms with Gasteiger partial charge in [0.1, 0.15) is 6.10 Å². The van der Waals surface area contributed by atoms with Gasteiger partial charge < -0.3 is 9.64 Å². The van der Waals surface area contributed by atoms with Crippen LogP contribution >= 0.6 is 12.2 Å². The molecule has 1 aromatic carbocycles. The van der Waals surface area contributed by atoms with Crippen LogP contribution in [0.4, 0.5) is 5.69 Å². The molecule has 0 unspecified atom stereocenters. The second-order valence-electron chi connectivity index (χ2n) is 6.30. The number of aromatic nitrogens is 1. The van der Waals surface area contributed by atoms with Gasteiger partial charge in [-0.05, 0) is 43.5 Å². The summed E-state index contributed by atoms with van der Waals surface area (Å²) < 4.78 is 5.83. The predicted molar refractivity (Wildman–Crippen MR) is 103 cm³/mol. The summed E-state index contributed by atoms with van der Waals surface area (Å²) in [5, 5.41) is 0. The summed E-state index contributed by atoms with van der Waals surface area (Å²) in [4.78, 5) is 19.3. The van der Waals surface area contributed by atoms with Gasteiger partial charge in [0, 0.05) is 31.0 Å². The summed E-state index contributed by atoms with van der Waals surface area (Å²) in [7, 11) is 1.96. The molecule has 1 aliphatic rings. The third kappa shape index (κ3) is 4.23. The molecule has 3 rings (SSSR count). The van der Waals surface area contributed by atoms with Gasteiger partial charge in [0.15, 0.2) is 0 Å². The lowest BCUT2D eigenvalue weighted by atomic mass is 9.85. The van der Waals surface area contributed by atoms with Crippen molar-refractivity contribution >= 4 is 28.9 Å². The van der Waals surface area contributed by atoms with E-state index in [9.17, 15) is 4.79 Å². The van der Waals surface area contributed by atoms with Crippen molar-refractivity contribution in [1.82, 2.24) is 4.98 Å². The van der Waals surface area contributed by atoms with E-state index >= 15 is 0 Å². The molecule has 0 aliphatic heterocycles. The molecule has 0 saturated heterocycles. The highest BCUT2D eigenvalue weighted by molar-refractivity contribution is 7.80. The number of carbonyl (C=O) groups is 1. The molecule has 130 valence electrons. The van der Waals surface area contributed by atoms with Gasteiger partial charge >= 0.3 is 5.97 Å². The maximum atomic E-state index is 12.4. The van der Waals surface area contributed by atoms with Crippen molar-refractivity contribution in [3.05, 3.63) is 60.4 Å². The smallest absolute Gasteiger partial charge is 0.338 e. The fraction of sp³-hybridized carbons (Fsp3) is 0.350. The fourth-order valence-electron chi connectivity index (χ4n) is 3.24. The molecule has 2 atom stereocenters. The first-order valence-corrected chi connectivity index (χ1v) is 9.01. The zero-order valence-corrected chi connectivity index (χ0v) is 15.1. The summed E-state index contributed by atoms with van der Waals surface area (Å²) >= 11 is 5.74. The van der Waals surface area contributed by atoms with Crippen LogP contribution in [0.5, 0.6) is 0 Å². The first kappa shape index (κ1) is 17.5. The van der Waals surface area contributed by atoms with Crippen LogP contribution in [-0.4, -0.2) is 29.1 Å². The molecule has 0 N–H and O–H groups in total. The molecular formula is C20H22N2O2S. The Morgan fingerprint density at radius 2 is 1.80 bits per heavy atom. The van der Waals surface area contributed by atoms with Crippen molar-refractivity contribution in [3.63, 3.8) is 0 Å². The van der Waals surface area contributed by atoms with E-state index in [1.807, 2.05) is 42.3 Å². The first-order chi connectivity index (χ1) is 12.2. The van der Waals surface area contributed by atoms with Gasteiger partial charge in [0.25, 0.3) is 0 Å². The van der Waals surface area contributed by atoms with E-state index < -0.39 is 0 Å². The highest BCUT2D eigenvalue weighted by Gasteiger charge is 2.33. The van der Waals surface area contributed by atoms with Gasteiger partial charge in [-0.25, -0.2) is 4.79 Å². The molecule has 1 aliphatic carbocycles. The van der Waals surface area contributed by atoms with Crippen molar-refractivity contribution in [2.45, 2.75) is 31.8 Å². The number of thiocarbonyl (C=S) groups is 1. The SMILES string of the molecule is CN(C(=S)[C@@H]1CCCC[C@H]1OC(=O)c1ccccc1)c1ccncc1. The van der Waals surface area contributed by atoms with Crippen LogP contribution in [0.1, 0.15) is 36.0 Å². The van der Waals surface area contributed by atoms with Crippen LogP contribution in [0.3, 0.4) is 0 Å². The number of pyridine rings is 1. The summed E-state index contributed by atoms with van der Waals surface area (Å²) in [5.74, 6) is -0.207. The topological polar surface area (TPSA) is 42.4 Å². The van der Waals surface area contributed by atoms with Gasteiger partial charge in [-0.2, -0.15) is 0 Å². The van der Waals surface area contributed by atoms with Crippen molar-refractivity contribution in [1.29, 1.82) is 0 Å². The van der Waals surface area contributed by atoms with Crippen LogP contribution < -0.4 is 4.90 Å². The third-order valence-corrected chi connectivity index (χ3v) is 5.24. The molecule has 0 amide bonds. The van der Waals surface area contributed by atoms with E-state index in [1.165, 1.54) is 0 Å². The molecule has 5 heteroatoms. The Labute approximate surface area is 153 Å². The maximum Gasteiger partial charge on any atom is 0.338 e. The normalized spacial score (nSPS) is 19.9. The summed E-state index contributed by atoms with van der Waals surface area (Å²) in [6.07, 6.45) is 7.30. The van der Waals surface area contributed by atoms with Gasteiger partial charge in [-0.3, -0.25) is 4.98 Å². The molecule has 25 heavy (non-hydrogen) atoms. The number of carbonyl (C=O) groups excluding carboxylic acids is 1. The molecule has 0 spiro atoms. The van der Waals surface area contributed by atoms with Crippen LogP contribution in [0.25, 0.3) is 0 Å². The van der Waals surface area contributed by atoms with Crippen molar-refractivity contribution in [2.75, 3.05) is 11.9 Å². The van der Waals surface area contributed by atoms with Crippen molar-refractivity contribution in [3.8, 4) is 0 Å². The Hall–Kier alpha value is -2.27. The van der Waals surface area contributed by atoms with E-state index in [-0.39, 0.29) is 18.0 Å². The average molecular weight is 354 g/mol. The van der Waals surface area contributed by atoms with Gasteiger partial charge in [-0.15, -0.1) is 0 Å². The number of esters is 1. The summed E-state index contributed by atoms with van der Waals surface area (Å²) in [6, 6.07) is 13.0. The summed E-state index contributed by atoms with van der Waals surface area (Å²) in [5.41, 5.74) is 1.58. The number of hydrogen-bond donors (Lipinski definition) is 0. The monoisotopic (exact) mass is 354 g/mol. The minimum Gasteiger partial charge on any atom is -0.458 e. The van der Waals surface area contributed by atoms with Crippen LogP contribution in [0, 0.1) is 5.92 Å². The number of ether oxygens (including phenoxy) is 1. The standard InChI is InChI=1S/C20H22N2O2S/c1-22(16-11-13-21-14-12-16)19(25)17-9-5-6-10-18(17)24-20(23)15-7-3-2-4-8-15/h2-4,7-8,11-14,17-18H,5-6,9-10H2,1H3/t17-,18-/m1/s1. The second-order valence-corrected chi connectivity index (χ2v) is 6.72. The van der Waals surface area contributed by atoms with Crippen molar-refractivity contribution in [2.24, 2.45) is 5.92 Å². The van der Waals surface area contributed by atoms with E-state index in [0.717, 1.165) is 36.4 Å². The number of rotatable bonds is 4. The van der Waals surface area contributed by atoms with Gasteiger partial charge in [0.05, 0.1) is 10.6 Å². The van der Waals surface area contributed by atoms with E-state index in [0.29, 0.717) is 5.56 Å². The van der Waals surface area contributed by atoms with Gasteiger partial charge in [-0.1, -0.05) is 36.8 Å². The Morgan fingerprint density at radius 1 is 1.12 bits per heavy atom. The molecule has 1 saturated carbocycles. The molecule has 2 aromatic rings. The lowest BCUT2D eigenvalue weighted by Crippen LogP contribution is -2.41. The Balaban J connectivity index is 1.72. The Kier molecular flexibility index (Phi) is 5.76. The van der Waals surface area contributed by atoms with Gasteiger partial charge in [0.2, 0.25) is 0 Å². The molecule has 4 nitrogen and oxygen atoms in total. The molecule has 1 fully saturated rings. The minimum atomic E-state index is -0.271. The van der Waals surface area contributed by atoms with E-state index in [2.05, 4.69) is 4.98 Å². The number of nitrogens with zero attached hydrogens (tertiary/aromatic N) is 2.